The first-order valence-electron chi connectivity index (χ1n) is 6.28. The lowest BCUT2D eigenvalue weighted by molar-refractivity contribution is 0.195. The molecule has 6 nitrogen and oxygen atoms in total. The van der Waals surface area contributed by atoms with Crippen molar-refractivity contribution in [2.24, 2.45) is 5.92 Å². The fraction of sp³-hybridized carbons (Fsp3) is 0.727. The Kier molecular flexibility index (Phi) is 4.36. The highest BCUT2D eigenvalue weighted by Gasteiger charge is 2.18. The second-order valence-corrected chi connectivity index (χ2v) is 6.57. The van der Waals surface area contributed by atoms with Crippen LogP contribution in [0, 0.1) is 5.92 Å². The van der Waals surface area contributed by atoms with Gasteiger partial charge in [0.1, 0.15) is 0 Å². The van der Waals surface area contributed by atoms with E-state index < -0.39 is 10.0 Å². The van der Waals surface area contributed by atoms with Gasteiger partial charge in [0.25, 0.3) is 10.0 Å². The summed E-state index contributed by atoms with van der Waals surface area (Å²) in [6.07, 6.45) is 5.08. The molecular weight excluding hydrogens is 252 g/mol. The van der Waals surface area contributed by atoms with Crippen molar-refractivity contribution >= 4 is 10.0 Å². The summed E-state index contributed by atoms with van der Waals surface area (Å²) < 4.78 is 26.2. The Morgan fingerprint density at radius 2 is 2.22 bits per heavy atom. The standard InChI is InChI=1S/C11H20N4O2S/c1-10-2-5-15(6-3-10)7-4-14-18(16,17)11-8-12-9-13-11/h8-10,14H,2-7H2,1H3,(H,12,13). The molecule has 0 bridgehead atoms. The minimum Gasteiger partial charge on any atom is -0.335 e. The third-order valence-electron chi connectivity index (χ3n) is 3.36. The van der Waals surface area contributed by atoms with Gasteiger partial charge in [-0.05, 0) is 31.8 Å². The Labute approximate surface area is 108 Å². The third-order valence-corrected chi connectivity index (χ3v) is 4.75. The van der Waals surface area contributed by atoms with E-state index in [0.717, 1.165) is 25.6 Å². The van der Waals surface area contributed by atoms with Gasteiger partial charge >= 0.3 is 0 Å². The molecule has 1 fully saturated rings. The highest BCUT2D eigenvalue weighted by Crippen LogP contribution is 2.15. The minimum absolute atomic E-state index is 0.120. The van der Waals surface area contributed by atoms with Crippen LogP contribution in [0.2, 0.25) is 0 Å². The monoisotopic (exact) mass is 272 g/mol. The minimum atomic E-state index is -3.42. The largest absolute Gasteiger partial charge is 0.335 e. The average Bonchev–Trinajstić information content (AvgIpc) is 2.86. The van der Waals surface area contributed by atoms with Crippen LogP contribution in [0.25, 0.3) is 0 Å². The average molecular weight is 272 g/mol. The molecule has 18 heavy (non-hydrogen) atoms. The van der Waals surface area contributed by atoms with E-state index in [0.29, 0.717) is 6.54 Å². The van der Waals surface area contributed by atoms with Crippen LogP contribution in [0.3, 0.4) is 0 Å². The summed E-state index contributed by atoms with van der Waals surface area (Å²) in [4.78, 5) is 8.61. The quantitative estimate of drug-likeness (QED) is 0.814. The van der Waals surface area contributed by atoms with Crippen LogP contribution in [0.1, 0.15) is 19.8 Å². The van der Waals surface area contributed by atoms with Gasteiger partial charge in [0, 0.05) is 13.1 Å². The second kappa shape index (κ2) is 5.81. The van der Waals surface area contributed by atoms with E-state index in [1.54, 1.807) is 0 Å². The summed E-state index contributed by atoms with van der Waals surface area (Å²) in [6.45, 7) is 5.59. The summed E-state index contributed by atoms with van der Waals surface area (Å²) in [6, 6.07) is 0. The number of rotatable bonds is 5. The molecule has 2 N–H and O–H groups in total. The number of sulfonamides is 1. The summed E-state index contributed by atoms with van der Waals surface area (Å²) >= 11 is 0. The van der Waals surface area contributed by atoms with Crippen LogP contribution < -0.4 is 4.72 Å². The van der Waals surface area contributed by atoms with Crippen molar-refractivity contribution < 1.29 is 8.42 Å². The van der Waals surface area contributed by atoms with Gasteiger partial charge in [0.2, 0.25) is 0 Å². The molecule has 1 aromatic heterocycles. The number of aromatic amines is 1. The first kappa shape index (κ1) is 13.5. The van der Waals surface area contributed by atoms with E-state index in [9.17, 15) is 8.42 Å². The molecule has 2 rings (SSSR count). The fourth-order valence-corrected chi connectivity index (χ4v) is 3.01. The van der Waals surface area contributed by atoms with E-state index in [4.69, 9.17) is 0 Å². The second-order valence-electron chi connectivity index (χ2n) is 4.84. The Morgan fingerprint density at radius 3 is 2.83 bits per heavy atom. The number of H-pyrrole nitrogens is 1. The molecule has 0 unspecified atom stereocenters. The lowest BCUT2D eigenvalue weighted by Gasteiger charge is -2.29. The summed E-state index contributed by atoms with van der Waals surface area (Å²) in [5.41, 5.74) is 0. The Hall–Kier alpha value is -0.920. The number of hydrogen-bond donors (Lipinski definition) is 2. The van der Waals surface area contributed by atoms with Crippen molar-refractivity contribution in [2.45, 2.75) is 24.8 Å². The maximum absolute atomic E-state index is 11.8. The normalized spacial score (nSPS) is 19.2. The van der Waals surface area contributed by atoms with Crippen molar-refractivity contribution in [1.82, 2.24) is 19.6 Å². The van der Waals surface area contributed by atoms with E-state index in [1.807, 2.05) is 0 Å². The lowest BCUT2D eigenvalue weighted by atomic mass is 9.99. The molecule has 102 valence electrons. The molecule has 1 aromatic rings. The molecule has 1 aliphatic rings. The zero-order valence-corrected chi connectivity index (χ0v) is 11.4. The van der Waals surface area contributed by atoms with Gasteiger partial charge in [-0.25, -0.2) is 18.1 Å². The zero-order chi connectivity index (χ0) is 13.0. The zero-order valence-electron chi connectivity index (χ0n) is 10.6. The topological polar surface area (TPSA) is 78.1 Å². The van der Waals surface area contributed by atoms with E-state index in [1.165, 1.54) is 25.4 Å². The number of hydrogen-bond acceptors (Lipinski definition) is 4. The Balaban J connectivity index is 1.75. The molecule has 0 spiro atoms. The van der Waals surface area contributed by atoms with Crippen molar-refractivity contribution in [3.8, 4) is 0 Å². The molecule has 0 radical (unpaired) electrons. The molecular formula is C11H20N4O2S. The van der Waals surface area contributed by atoms with Crippen molar-refractivity contribution in [3.63, 3.8) is 0 Å². The Morgan fingerprint density at radius 1 is 1.50 bits per heavy atom. The molecule has 1 aliphatic heterocycles. The maximum atomic E-state index is 11.8. The smallest absolute Gasteiger partial charge is 0.257 e. The molecule has 0 atom stereocenters. The first-order valence-corrected chi connectivity index (χ1v) is 7.76. The van der Waals surface area contributed by atoms with Gasteiger partial charge in [0.15, 0.2) is 5.03 Å². The van der Waals surface area contributed by atoms with Gasteiger partial charge in [-0.1, -0.05) is 6.92 Å². The highest BCUT2D eigenvalue weighted by molar-refractivity contribution is 7.89. The number of likely N-dealkylation sites (tertiary alicyclic amines) is 1. The van der Waals surface area contributed by atoms with Crippen molar-refractivity contribution in [2.75, 3.05) is 26.2 Å². The van der Waals surface area contributed by atoms with Crippen LogP contribution in [0.4, 0.5) is 0 Å². The summed E-state index contributed by atoms with van der Waals surface area (Å²) in [5.74, 6) is 0.794. The maximum Gasteiger partial charge on any atom is 0.257 e. The first-order chi connectivity index (χ1) is 8.58. The Bertz CT molecular complexity index is 449. The summed E-state index contributed by atoms with van der Waals surface area (Å²) in [5, 5.41) is 0.120. The van der Waals surface area contributed by atoms with Crippen molar-refractivity contribution in [3.05, 3.63) is 12.5 Å². The molecule has 7 heteroatoms. The molecule has 2 heterocycles. The predicted molar refractivity (Wildman–Crippen MR) is 68.6 cm³/mol. The summed E-state index contributed by atoms with van der Waals surface area (Å²) in [7, 11) is -3.42. The van der Waals surface area contributed by atoms with E-state index in [-0.39, 0.29) is 5.03 Å². The van der Waals surface area contributed by atoms with Crippen LogP contribution in [-0.4, -0.2) is 49.5 Å². The van der Waals surface area contributed by atoms with Gasteiger partial charge in [-0.15, -0.1) is 0 Å². The number of aromatic nitrogens is 2. The molecule has 0 saturated carbocycles. The van der Waals surface area contributed by atoms with Crippen LogP contribution in [-0.2, 0) is 10.0 Å². The molecule has 1 saturated heterocycles. The predicted octanol–water partition coefficient (Wildman–Crippen LogP) is 0.420. The lowest BCUT2D eigenvalue weighted by Crippen LogP contribution is -2.39. The van der Waals surface area contributed by atoms with Crippen molar-refractivity contribution in [1.29, 1.82) is 0 Å². The number of nitrogens with one attached hydrogen (secondary N) is 2. The number of piperidine rings is 1. The molecule has 0 amide bonds. The van der Waals surface area contributed by atoms with Crippen LogP contribution in [0.15, 0.2) is 17.6 Å². The molecule has 0 aromatic carbocycles. The number of nitrogens with zero attached hydrogens (tertiary/aromatic N) is 2. The van der Waals surface area contributed by atoms with Crippen LogP contribution >= 0.6 is 0 Å². The third kappa shape index (κ3) is 3.54. The number of imidazole rings is 1. The van der Waals surface area contributed by atoms with Gasteiger partial charge < -0.3 is 9.88 Å². The van der Waals surface area contributed by atoms with Crippen LogP contribution in [0.5, 0.6) is 0 Å². The van der Waals surface area contributed by atoms with Gasteiger partial charge in [-0.2, -0.15) is 0 Å². The van der Waals surface area contributed by atoms with E-state index in [2.05, 4.69) is 26.5 Å². The van der Waals surface area contributed by atoms with Gasteiger partial charge in [0.05, 0.1) is 12.5 Å². The highest BCUT2D eigenvalue weighted by atomic mass is 32.2. The SMILES string of the molecule is CC1CCN(CCNS(=O)(=O)c2cnc[nH]2)CC1. The fourth-order valence-electron chi connectivity index (χ4n) is 2.09. The van der Waals surface area contributed by atoms with E-state index >= 15 is 0 Å². The van der Waals surface area contributed by atoms with Gasteiger partial charge in [-0.3, -0.25) is 0 Å². The molecule has 0 aliphatic carbocycles.